The Kier molecular flexibility index (Phi) is 5.91. The molecule has 11 heteroatoms. The number of anilines is 1. The number of fused-ring (bicyclic) bond motifs is 1. The van der Waals surface area contributed by atoms with Crippen molar-refractivity contribution >= 4 is 28.7 Å². The van der Waals surface area contributed by atoms with Crippen molar-refractivity contribution in [3.8, 4) is 17.1 Å². The van der Waals surface area contributed by atoms with Crippen molar-refractivity contribution in [3.63, 3.8) is 0 Å². The van der Waals surface area contributed by atoms with Gasteiger partial charge in [0, 0.05) is 49.4 Å². The maximum atomic E-state index is 12.6. The van der Waals surface area contributed by atoms with Crippen LogP contribution in [0.25, 0.3) is 22.2 Å². The molecular weight excluding hydrogens is 438 g/mol. The second kappa shape index (κ2) is 9.16. The van der Waals surface area contributed by atoms with Gasteiger partial charge in [-0.1, -0.05) is 0 Å². The van der Waals surface area contributed by atoms with E-state index in [0.717, 1.165) is 28.0 Å². The number of hydrogen-bond acceptors (Lipinski definition) is 8. The second-order valence-corrected chi connectivity index (χ2v) is 8.61. The van der Waals surface area contributed by atoms with Crippen LogP contribution in [0.1, 0.15) is 13.8 Å². The molecule has 0 bridgehead atoms. The molecule has 3 aromatic rings. The van der Waals surface area contributed by atoms with Crippen molar-refractivity contribution in [1.29, 1.82) is 0 Å². The zero-order valence-corrected chi connectivity index (χ0v) is 19.2. The molecule has 2 aliphatic rings. The molecule has 0 radical (unpaired) electrons. The average Bonchev–Trinajstić information content (AvgIpc) is 3.44. The van der Waals surface area contributed by atoms with Gasteiger partial charge in [-0.2, -0.15) is 5.10 Å². The smallest absolute Gasteiger partial charge is 0.410 e. The number of carbonyl (C=O) groups excluding carboxylic acids is 2. The van der Waals surface area contributed by atoms with Crippen LogP contribution in [-0.2, 0) is 9.53 Å². The first-order chi connectivity index (χ1) is 16.5. The number of piperazine rings is 1. The highest BCUT2D eigenvalue weighted by Gasteiger charge is 2.28. The topological polar surface area (TPSA) is 117 Å². The summed E-state index contributed by atoms with van der Waals surface area (Å²) in [5.74, 6) is 1.33. The number of amides is 2. The number of nitrogens with one attached hydrogen (secondary N) is 1. The monoisotopic (exact) mass is 465 g/mol. The molecule has 0 spiro atoms. The first kappa shape index (κ1) is 21.9. The zero-order valence-electron chi connectivity index (χ0n) is 19.2. The van der Waals surface area contributed by atoms with E-state index in [4.69, 9.17) is 9.47 Å². The molecule has 3 aromatic heterocycles. The van der Waals surface area contributed by atoms with Crippen LogP contribution in [0.3, 0.4) is 0 Å². The SMILES string of the molecule is CC(C)Oc1cc2c(-c3ccnc(N4CCN(C(=O)CN5CCOC5=O)CC4)c3)n[nH]c2cn1. The number of carbonyl (C=O) groups is 2. The van der Waals surface area contributed by atoms with Crippen molar-refractivity contribution < 1.29 is 19.1 Å². The predicted molar refractivity (Wildman–Crippen MR) is 125 cm³/mol. The fourth-order valence-electron chi connectivity index (χ4n) is 4.18. The summed E-state index contributed by atoms with van der Waals surface area (Å²) in [6.45, 7) is 7.25. The van der Waals surface area contributed by atoms with Crippen molar-refractivity contribution in [2.75, 3.05) is 50.8 Å². The summed E-state index contributed by atoms with van der Waals surface area (Å²) in [6.07, 6.45) is 3.11. The van der Waals surface area contributed by atoms with Crippen LogP contribution in [0.4, 0.5) is 10.6 Å². The lowest BCUT2D eigenvalue weighted by Gasteiger charge is -2.36. The van der Waals surface area contributed by atoms with E-state index in [1.807, 2.05) is 32.0 Å². The molecule has 178 valence electrons. The van der Waals surface area contributed by atoms with Gasteiger partial charge >= 0.3 is 6.09 Å². The summed E-state index contributed by atoms with van der Waals surface area (Å²) in [7, 11) is 0. The number of rotatable bonds is 6. The molecule has 34 heavy (non-hydrogen) atoms. The van der Waals surface area contributed by atoms with E-state index in [1.165, 1.54) is 4.90 Å². The number of cyclic esters (lactones) is 1. The summed E-state index contributed by atoms with van der Waals surface area (Å²) in [6, 6.07) is 5.84. The van der Waals surface area contributed by atoms with Crippen molar-refractivity contribution in [3.05, 3.63) is 30.6 Å². The zero-order chi connectivity index (χ0) is 23.7. The Morgan fingerprint density at radius 1 is 1.18 bits per heavy atom. The third kappa shape index (κ3) is 4.45. The summed E-state index contributed by atoms with van der Waals surface area (Å²) in [5.41, 5.74) is 2.57. The third-order valence-corrected chi connectivity index (χ3v) is 5.92. The molecule has 2 amide bonds. The molecular formula is C23H27N7O4. The highest BCUT2D eigenvalue weighted by molar-refractivity contribution is 5.93. The highest BCUT2D eigenvalue weighted by atomic mass is 16.6. The van der Waals surface area contributed by atoms with Crippen molar-refractivity contribution in [1.82, 2.24) is 30.0 Å². The van der Waals surface area contributed by atoms with Crippen LogP contribution >= 0.6 is 0 Å². The Balaban J connectivity index is 1.28. The standard InChI is InChI=1S/C23H27N7O4/c1-15(2)34-20-12-17-18(13-25-20)26-27-22(17)16-3-4-24-19(11-16)28-5-7-29(8-6-28)21(31)14-30-9-10-33-23(30)32/h3-4,11-13,15H,5-10,14H2,1-2H3,(H,26,27). The fraction of sp³-hybridized carbons (Fsp3) is 0.435. The molecule has 5 heterocycles. The lowest BCUT2D eigenvalue weighted by Crippen LogP contribution is -2.51. The first-order valence-corrected chi connectivity index (χ1v) is 11.4. The minimum absolute atomic E-state index is 0.0301. The molecule has 2 saturated heterocycles. The van der Waals surface area contributed by atoms with Gasteiger partial charge in [-0.15, -0.1) is 0 Å². The van der Waals surface area contributed by atoms with Crippen LogP contribution in [0.5, 0.6) is 5.88 Å². The number of nitrogens with zero attached hydrogens (tertiary/aromatic N) is 6. The van der Waals surface area contributed by atoms with Crippen molar-refractivity contribution in [2.45, 2.75) is 20.0 Å². The Morgan fingerprint density at radius 2 is 2.00 bits per heavy atom. The minimum atomic E-state index is -0.419. The number of aromatic nitrogens is 4. The second-order valence-electron chi connectivity index (χ2n) is 8.61. The molecule has 0 saturated carbocycles. The Hall–Kier alpha value is -3.89. The first-order valence-electron chi connectivity index (χ1n) is 11.4. The number of hydrogen-bond donors (Lipinski definition) is 1. The molecule has 2 fully saturated rings. The van der Waals surface area contributed by atoms with Gasteiger partial charge in [0.25, 0.3) is 0 Å². The Bertz CT molecular complexity index is 1200. The van der Waals surface area contributed by atoms with Gasteiger partial charge in [0.2, 0.25) is 11.8 Å². The summed E-state index contributed by atoms with van der Waals surface area (Å²) in [5, 5.41) is 8.46. The van der Waals surface area contributed by atoms with E-state index < -0.39 is 6.09 Å². The maximum Gasteiger partial charge on any atom is 0.410 e. The van der Waals surface area contributed by atoms with E-state index in [0.29, 0.717) is 45.2 Å². The molecule has 1 N–H and O–H groups in total. The van der Waals surface area contributed by atoms with E-state index in [9.17, 15) is 9.59 Å². The summed E-state index contributed by atoms with van der Waals surface area (Å²) < 4.78 is 10.6. The highest BCUT2D eigenvalue weighted by Crippen LogP contribution is 2.30. The van der Waals surface area contributed by atoms with Crippen molar-refractivity contribution in [2.24, 2.45) is 0 Å². The Labute approximate surface area is 196 Å². The van der Waals surface area contributed by atoms with Gasteiger partial charge in [-0.05, 0) is 26.0 Å². The molecule has 0 aromatic carbocycles. The van der Waals surface area contributed by atoms with E-state index >= 15 is 0 Å². The molecule has 0 aliphatic carbocycles. The molecule has 0 atom stereocenters. The van der Waals surface area contributed by atoms with Crippen LogP contribution in [0.15, 0.2) is 30.6 Å². The van der Waals surface area contributed by atoms with Gasteiger partial charge < -0.3 is 19.3 Å². The van der Waals surface area contributed by atoms with Gasteiger partial charge in [0.1, 0.15) is 24.7 Å². The summed E-state index contributed by atoms with van der Waals surface area (Å²) in [4.78, 5) is 38.5. The number of ether oxygens (including phenoxy) is 2. The third-order valence-electron chi connectivity index (χ3n) is 5.92. The van der Waals surface area contributed by atoms with Crippen LogP contribution < -0.4 is 9.64 Å². The van der Waals surface area contributed by atoms with E-state index in [1.54, 1.807) is 17.3 Å². The normalized spacial score (nSPS) is 16.4. The number of H-pyrrole nitrogens is 1. The van der Waals surface area contributed by atoms with Gasteiger partial charge in [-0.3, -0.25) is 14.8 Å². The van der Waals surface area contributed by atoms with Crippen LogP contribution in [0.2, 0.25) is 0 Å². The van der Waals surface area contributed by atoms with Crippen LogP contribution in [0, 0.1) is 0 Å². The quantitative estimate of drug-likeness (QED) is 0.587. The molecule has 2 aliphatic heterocycles. The lowest BCUT2D eigenvalue weighted by molar-refractivity contribution is -0.132. The number of pyridine rings is 2. The predicted octanol–water partition coefficient (Wildman–Crippen LogP) is 1.91. The minimum Gasteiger partial charge on any atom is -0.475 e. The van der Waals surface area contributed by atoms with Gasteiger partial charge in [0.05, 0.1) is 24.4 Å². The fourth-order valence-corrected chi connectivity index (χ4v) is 4.18. The summed E-state index contributed by atoms with van der Waals surface area (Å²) >= 11 is 0. The lowest BCUT2D eigenvalue weighted by atomic mass is 10.1. The average molecular weight is 466 g/mol. The largest absolute Gasteiger partial charge is 0.475 e. The molecule has 0 unspecified atom stereocenters. The van der Waals surface area contributed by atoms with Gasteiger partial charge in [-0.25, -0.2) is 14.8 Å². The maximum absolute atomic E-state index is 12.6. The van der Waals surface area contributed by atoms with E-state index in [-0.39, 0.29) is 18.6 Å². The molecule has 11 nitrogen and oxygen atoms in total. The van der Waals surface area contributed by atoms with E-state index in [2.05, 4.69) is 25.1 Å². The Morgan fingerprint density at radius 3 is 2.74 bits per heavy atom. The number of aromatic amines is 1. The molecule has 5 rings (SSSR count). The van der Waals surface area contributed by atoms with Gasteiger partial charge in [0.15, 0.2) is 0 Å². The van der Waals surface area contributed by atoms with Crippen LogP contribution in [-0.4, -0.2) is 93.9 Å².